The molecule has 0 amide bonds. The highest BCUT2D eigenvalue weighted by Crippen LogP contribution is 2.33. The fourth-order valence-corrected chi connectivity index (χ4v) is 3.18. The van der Waals surface area contributed by atoms with Gasteiger partial charge in [0.2, 0.25) is 0 Å². The summed E-state index contributed by atoms with van der Waals surface area (Å²) in [4.78, 5) is 8.69. The van der Waals surface area contributed by atoms with E-state index in [9.17, 15) is 13.2 Å². The molecule has 0 fully saturated rings. The van der Waals surface area contributed by atoms with Crippen LogP contribution in [-0.4, -0.2) is 15.1 Å². The molecule has 4 aromatic rings. The minimum absolute atomic E-state index is 0.0556. The number of hydrogen-bond donors (Lipinski definition) is 0. The van der Waals surface area contributed by atoms with Gasteiger partial charge in [-0.1, -0.05) is 60.7 Å². The van der Waals surface area contributed by atoms with Crippen molar-refractivity contribution < 1.29 is 13.2 Å². The first kappa shape index (κ1) is 18.0. The van der Waals surface area contributed by atoms with Crippen LogP contribution in [0.3, 0.4) is 0 Å². The summed E-state index contributed by atoms with van der Waals surface area (Å²) in [7, 11) is 0. The maximum atomic E-state index is 13.4. The highest BCUT2D eigenvalue weighted by Gasteiger charge is 2.36. The SMILES string of the molecule is Cc1nc2ccc(N=C(c3ccccc3)c3ccccc3)cn2c1C(F)(F)F. The molecule has 28 heavy (non-hydrogen) atoms. The average Bonchev–Trinajstić information content (AvgIpc) is 3.02. The van der Waals surface area contributed by atoms with Crippen LogP contribution in [0.25, 0.3) is 5.65 Å². The lowest BCUT2D eigenvalue weighted by Gasteiger charge is -2.10. The van der Waals surface area contributed by atoms with E-state index < -0.39 is 11.9 Å². The van der Waals surface area contributed by atoms with Crippen LogP contribution in [0, 0.1) is 6.92 Å². The minimum atomic E-state index is -4.49. The van der Waals surface area contributed by atoms with Gasteiger partial charge in [-0.2, -0.15) is 13.2 Å². The molecule has 0 aliphatic carbocycles. The van der Waals surface area contributed by atoms with E-state index in [0.717, 1.165) is 15.5 Å². The van der Waals surface area contributed by atoms with E-state index in [1.54, 1.807) is 12.1 Å². The van der Waals surface area contributed by atoms with Crippen LogP contribution in [-0.2, 0) is 6.18 Å². The van der Waals surface area contributed by atoms with Gasteiger partial charge >= 0.3 is 6.18 Å². The first-order valence-electron chi connectivity index (χ1n) is 8.69. The van der Waals surface area contributed by atoms with E-state index in [0.29, 0.717) is 11.4 Å². The van der Waals surface area contributed by atoms with Crippen molar-refractivity contribution in [1.82, 2.24) is 9.38 Å². The monoisotopic (exact) mass is 379 g/mol. The molecule has 0 unspecified atom stereocenters. The molecule has 140 valence electrons. The lowest BCUT2D eigenvalue weighted by Crippen LogP contribution is -2.10. The van der Waals surface area contributed by atoms with E-state index in [-0.39, 0.29) is 11.3 Å². The van der Waals surface area contributed by atoms with Crippen LogP contribution in [0.5, 0.6) is 0 Å². The van der Waals surface area contributed by atoms with Crippen LogP contribution < -0.4 is 0 Å². The molecule has 0 aliphatic heterocycles. The quantitative estimate of drug-likeness (QED) is 0.412. The molecule has 0 saturated heterocycles. The van der Waals surface area contributed by atoms with E-state index in [4.69, 9.17) is 0 Å². The summed E-state index contributed by atoms with van der Waals surface area (Å²) < 4.78 is 41.4. The van der Waals surface area contributed by atoms with Gasteiger partial charge in [0.15, 0.2) is 5.69 Å². The summed E-state index contributed by atoms with van der Waals surface area (Å²) in [5.41, 5.74) is 2.27. The topological polar surface area (TPSA) is 29.7 Å². The van der Waals surface area contributed by atoms with Crippen molar-refractivity contribution in [1.29, 1.82) is 0 Å². The third-order valence-corrected chi connectivity index (χ3v) is 4.38. The maximum absolute atomic E-state index is 13.4. The number of aliphatic imine (C=N–C) groups is 1. The normalized spacial score (nSPS) is 11.6. The summed E-state index contributed by atoms with van der Waals surface area (Å²) >= 11 is 0. The Morgan fingerprint density at radius 3 is 1.96 bits per heavy atom. The van der Waals surface area contributed by atoms with E-state index >= 15 is 0 Å². The number of benzene rings is 2. The van der Waals surface area contributed by atoms with Crippen LogP contribution in [0.15, 0.2) is 84.0 Å². The van der Waals surface area contributed by atoms with Gasteiger partial charge in [0, 0.05) is 17.3 Å². The van der Waals surface area contributed by atoms with Crippen LogP contribution >= 0.6 is 0 Å². The number of pyridine rings is 1. The minimum Gasteiger partial charge on any atom is -0.294 e. The molecule has 2 aromatic heterocycles. The molecule has 0 spiro atoms. The van der Waals surface area contributed by atoms with Crippen molar-refractivity contribution in [3.63, 3.8) is 0 Å². The van der Waals surface area contributed by atoms with Gasteiger partial charge < -0.3 is 0 Å². The zero-order valence-electron chi connectivity index (χ0n) is 15.0. The van der Waals surface area contributed by atoms with Gasteiger partial charge in [-0.05, 0) is 19.1 Å². The number of imidazole rings is 1. The predicted octanol–water partition coefficient (Wildman–Crippen LogP) is 5.83. The highest BCUT2D eigenvalue weighted by molar-refractivity contribution is 6.13. The number of halogens is 3. The smallest absolute Gasteiger partial charge is 0.294 e. The van der Waals surface area contributed by atoms with Crippen molar-refractivity contribution in [2.75, 3.05) is 0 Å². The van der Waals surface area contributed by atoms with Gasteiger partial charge in [-0.25, -0.2) is 9.98 Å². The third-order valence-electron chi connectivity index (χ3n) is 4.38. The van der Waals surface area contributed by atoms with Crippen molar-refractivity contribution in [3.05, 3.63) is 102 Å². The molecule has 0 radical (unpaired) electrons. The summed E-state index contributed by atoms with van der Waals surface area (Å²) in [6, 6.07) is 22.3. The third kappa shape index (κ3) is 3.41. The first-order valence-corrected chi connectivity index (χ1v) is 8.69. The van der Waals surface area contributed by atoms with Crippen molar-refractivity contribution in [3.8, 4) is 0 Å². The van der Waals surface area contributed by atoms with Gasteiger partial charge in [-0.15, -0.1) is 0 Å². The van der Waals surface area contributed by atoms with E-state index in [1.165, 1.54) is 13.1 Å². The average molecular weight is 379 g/mol. The van der Waals surface area contributed by atoms with Crippen molar-refractivity contribution in [2.45, 2.75) is 13.1 Å². The molecule has 0 bridgehead atoms. The molecule has 4 rings (SSSR count). The fourth-order valence-electron chi connectivity index (χ4n) is 3.18. The number of alkyl halides is 3. The number of aryl methyl sites for hydroxylation is 1. The molecule has 3 nitrogen and oxygen atoms in total. The number of nitrogens with zero attached hydrogens (tertiary/aromatic N) is 3. The highest BCUT2D eigenvalue weighted by atomic mass is 19.4. The Bertz CT molecular complexity index is 1100. The second-order valence-corrected chi connectivity index (χ2v) is 6.35. The van der Waals surface area contributed by atoms with Gasteiger partial charge in [0.05, 0.1) is 17.1 Å². The standard InChI is InChI=1S/C22H16F3N3/c1-15-21(22(23,24)25)28-14-18(12-13-19(28)26-15)27-20(16-8-4-2-5-9-16)17-10-6-3-7-11-17/h2-14H,1H3. The van der Waals surface area contributed by atoms with Gasteiger partial charge in [0.1, 0.15) is 5.65 Å². The Morgan fingerprint density at radius 1 is 0.857 bits per heavy atom. The Labute approximate surface area is 159 Å². The van der Waals surface area contributed by atoms with Gasteiger partial charge in [0.25, 0.3) is 0 Å². The summed E-state index contributed by atoms with van der Waals surface area (Å²) in [5.74, 6) is 0. The Kier molecular flexibility index (Phi) is 4.47. The number of fused-ring (bicyclic) bond motifs is 1. The molecule has 0 N–H and O–H groups in total. The second kappa shape index (κ2) is 6.96. The molecule has 0 atom stereocenters. The lowest BCUT2D eigenvalue weighted by atomic mass is 10.0. The lowest BCUT2D eigenvalue weighted by molar-refractivity contribution is -0.142. The molecular weight excluding hydrogens is 363 g/mol. The maximum Gasteiger partial charge on any atom is 0.433 e. The number of hydrogen-bond acceptors (Lipinski definition) is 2. The number of rotatable bonds is 3. The summed E-state index contributed by atoms with van der Waals surface area (Å²) in [6.07, 6.45) is -3.11. The van der Waals surface area contributed by atoms with E-state index in [2.05, 4.69) is 9.98 Å². The zero-order valence-corrected chi connectivity index (χ0v) is 15.0. The molecule has 2 heterocycles. The van der Waals surface area contributed by atoms with Crippen LogP contribution in [0.4, 0.5) is 18.9 Å². The predicted molar refractivity (Wildman–Crippen MR) is 103 cm³/mol. The van der Waals surface area contributed by atoms with Crippen molar-refractivity contribution >= 4 is 17.0 Å². The molecule has 6 heteroatoms. The number of aromatic nitrogens is 2. The Hall–Kier alpha value is -3.41. The molecular formula is C22H16F3N3. The molecule has 0 aliphatic rings. The van der Waals surface area contributed by atoms with Crippen LogP contribution in [0.1, 0.15) is 22.5 Å². The summed E-state index contributed by atoms with van der Waals surface area (Å²) in [6.45, 7) is 1.36. The van der Waals surface area contributed by atoms with Crippen LogP contribution in [0.2, 0.25) is 0 Å². The zero-order chi connectivity index (χ0) is 19.7. The Balaban J connectivity index is 1.90. The fraction of sp³-hybridized carbons (Fsp3) is 0.0909. The van der Waals surface area contributed by atoms with Crippen molar-refractivity contribution in [2.24, 2.45) is 4.99 Å². The Morgan fingerprint density at radius 2 is 1.43 bits per heavy atom. The molecule has 0 saturated carbocycles. The van der Waals surface area contributed by atoms with E-state index in [1.807, 2.05) is 60.7 Å². The van der Waals surface area contributed by atoms with Gasteiger partial charge in [-0.3, -0.25) is 4.40 Å². The molecule has 2 aromatic carbocycles. The largest absolute Gasteiger partial charge is 0.433 e. The second-order valence-electron chi connectivity index (χ2n) is 6.35. The summed E-state index contributed by atoms with van der Waals surface area (Å²) in [5, 5.41) is 0. The first-order chi connectivity index (χ1) is 13.4.